The molecule has 6 rings (SSSR count). The smallest absolute Gasteiger partial charge is 0.302 e. The fourth-order valence-corrected chi connectivity index (χ4v) is 12.4. The minimum Gasteiger partial charge on any atom is -0.462 e. The summed E-state index contributed by atoms with van der Waals surface area (Å²) < 4.78 is 12.5. The van der Waals surface area contributed by atoms with Crippen molar-refractivity contribution in [3.63, 3.8) is 0 Å². The van der Waals surface area contributed by atoms with Crippen molar-refractivity contribution in [3.05, 3.63) is 0 Å². The molecule has 0 N–H and O–H groups in total. The number of rotatable bonds is 2. The Morgan fingerprint density at radius 1 is 0.857 bits per heavy atom. The SMILES string of the molecule is CC(=O)O[C@H]1CC[C@]2(C)[C@H]3CC[C@@H]4[C@H]5C[C@]6(C(C)C)C[C@@]5(CC[C@@]4(C)[C@]3(C)CC[C@H]2C1(C)C)CO6. The summed E-state index contributed by atoms with van der Waals surface area (Å²) in [6.07, 6.45) is 13.3. The first-order valence-electron chi connectivity index (χ1n) is 15.1. The minimum atomic E-state index is -0.106. The van der Waals surface area contributed by atoms with Crippen LogP contribution in [0.25, 0.3) is 0 Å². The molecule has 0 radical (unpaired) electrons. The molecule has 6 fully saturated rings. The molecule has 0 aromatic carbocycles. The lowest BCUT2D eigenvalue weighted by Crippen LogP contribution is -2.66. The van der Waals surface area contributed by atoms with Gasteiger partial charge in [-0.1, -0.05) is 48.5 Å². The molecular weight excluding hydrogens is 432 g/mol. The fraction of sp³-hybridized carbons (Fsp3) is 0.969. The van der Waals surface area contributed by atoms with E-state index in [-0.39, 0.29) is 23.1 Å². The van der Waals surface area contributed by atoms with Crippen LogP contribution < -0.4 is 0 Å². The highest BCUT2D eigenvalue weighted by molar-refractivity contribution is 5.66. The average molecular weight is 485 g/mol. The fourth-order valence-electron chi connectivity index (χ4n) is 12.4. The van der Waals surface area contributed by atoms with Gasteiger partial charge < -0.3 is 9.47 Å². The van der Waals surface area contributed by atoms with Crippen LogP contribution in [0.1, 0.15) is 120 Å². The number of esters is 1. The van der Waals surface area contributed by atoms with Crippen LogP contribution in [0.3, 0.4) is 0 Å². The van der Waals surface area contributed by atoms with E-state index in [1.807, 2.05) is 0 Å². The first-order valence-corrected chi connectivity index (χ1v) is 15.1. The largest absolute Gasteiger partial charge is 0.462 e. The molecule has 6 aliphatic rings. The van der Waals surface area contributed by atoms with E-state index >= 15 is 0 Å². The maximum atomic E-state index is 11.9. The van der Waals surface area contributed by atoms with Gasteiger partial charge in [-0.3, -0.25) is 4.79 Å². The van der Waals surface area contributed by atoms with E-state index in [1.54, 1.807) is 6.92 Å². The number of hydrogen-bond donors (Lipinski definition) is 0. The van der Waals surface area contributed by atoms with Crippen LogP contribution in [0.4, 0.5) is 0 Å². The second-order valence-corrected chi connectivity index (χ2v) is 16.0. The predicted molar refractivity (Wildman–Crippen MR) is 140 cm³/mol. The number of ether oxygens (including phenoxy) is 2. The number of hydrogen-bond acceptors (Lipinski definition) is 3. The van der Waals surface area contributed by atoms with Gasteiger partial charge in [-0.05, 0) is 115 Å². The highest BCUT2D eigenvalue weighted by Gasteiger charge is 2.73. The summed E-state index contributed by atoms with van der Waals surface area (Å²) in [4.78, 5) is 11.9. The Morgan fingerprint density at radius 2 is 1.60 bits per heavy atom. The standard InChI is InChI=1S/C32H52O3/c1-20(2)32-17-23-22-9-10-25-28(6)13-12-26(35-21(3)33)27(4,5)24(28)11-14-30(25,8)29(22,7)15-16-31(23,18-32)19-34-32/h20,22-26H,9-19H2,1-8H3/t22-,23-,24+,25-,26+,28+,29-,30-,31+,32-/m1/s1. The Balaban J connectivity index is 1.32. The van der Waals surface area contributed by atoms with Gasteiger partial charge in [-0.25, -0.2) is 0 Å². The average Bonchev–Trinajstić information content (AvgIpc) is 3.31. The third-order valence-corrected chi connectivity index (χ3v) is 14.5. The van der Waals surface area contributed by atoms with Crippen molar-refractivity contribution in [3.8, 4) is 0 Å². The van der Waals surface area contributed by atoms with Crippen molar-refractivity contribution in [1.29, 1.82) is 0 Å². The van der Waals surface area contributed by atoms with Gasteiger partial charge in [0.05, 0.1) is 12.2 Å². The van der Waals surface area contributed by atoms with Crippen LogP contribution in [0.5, 0.6) is 0 Å². The quantitative estimate of drug-likeness (QED) is 0.375. The van der Waals surface area contributed by atoms with Gasteiger partial charge in [0.15, 0.2) is 0 Å². The van der Waals surface area contributed by atoms with Crippen LogP contribution in [0.2, 0.25) is 0 Å². The van der Waals surface area contributed by atoms with E-state index in [0.29, 0.717) is 33.5 Å². The molecule has 35 heavy (non-hydrogen) atoms. The summed E-state index contributed by atoms with van der Waals surface area (Å²) in [7, 11) is 0. The second-order valence-electron chi connectivity index (χ2n) is 16.0. The van der Waals surface area contributed by atoms with Crippen molar-refractivity contribution in [2.75, 3.05) is 6.61 Å². The van der Waals surface area contributed by atoms with E-state index in [0.717, 1.165) is 30.8 Å². The van der Waals surface area contributed by atoms with E-state index in [1.165, 1.54) is 57.8 Å². The molecule has 3 heteroatoms. The highest BCUT2D eigenvalue weighted by atomic mass is 16.5. The molecule has 0 unspecified atom stereocenters. The number of fused-ring (bicyclic) bond motifs is 7. The second kappa shape index (κ2) is 7.29. The van der Waals surface area contributed by atoms with E-state index < -0.39 is 0 Å². The molecular formula is C32H52O3. The third-order valence-electron chi connectivity index (χ3n) is 14.5. The first kappa shape index (κ1) is 24.7. The number of carbonyl (C=O) groups excluding carboxylic acids is 1. The van der Waals surface area contributed by atoms with Gasteiger partial charge in [-0.2, -0.15) is 0 Å². The van der Waals surface area contributed by atoms with Gasteiger partial charge in [-0.15, -0.1) is 0 Å². The molecule has 5 aliphatic carbocycles. The Kier molecular flexibility index (Phi) is 5.16. The zero-order valence-corrected chi connectivity index (χ0v) is 24.0. The molecule has 10 atom stereocenters. The van der Waals surface area contributed by atoms with Crippen LogP contribution in [-0.2, 0) is 14.3 Å². The topological polar surface area (TPSA) is 35.5 Å². The molecule has 2 bridgehead atoms. The normalized spacial score (nSPS) is 56.1. The Bertz CT molecular complexity index is 908. The lowest BCUT2D eigenvalue weighted by Gasteiger charge is -2.72. The zero-order chi connectivity index (χ0) is 25.2. The maximum absolute atomic E-state index is 11.9. The summed E-state index contributed by atoms with van der Waals surface area (Å²) in [6, 6.07) is 0. The highest BCUT2D eigenvalue weighted by Crippen LogP contribution is 2.78. The summed E-state index contributed by atoms with van der Waals surface area (Å²) in [6.45, 7) is 20.4. The van der Waals surface area contributed by atoms with Gasteiger partial charge in [0, 0.05) is 12.3 Å². The van der Waals surface area contributed by atoms with Gasteiger partial charge in [0.1, 0.15) is 6.10 Å². The summed E-state index contributed by atoms with van der Waals surface area (Å²) in [5.74, 6) is 3.70. The molecule has 0 aromatic heterocycles. The van der Waals surface area contributed by atoms with Crippen molar-refractivity contribution < 1.29 is 14.3 Å². The molecule has 1 heterocycles. The van der Waals surface area contributed by atoms with Crippen LogP contribution in [-0.4, -0.2) is 24.3 Å². The Morgan fingerprint density at radius 3 is 2.29 bits per heavy atom. The van der Waals surface area contributed by atoms with Crippen molar-refractivity contribution >= 4 is 5.97 Å². The minimum absolute atomic E-state index is 0.0555. The van der Waals surface area contributed by atoms with E-state index in [9.17, 15) is 4.79 Å². The molecule has 0 aromatic rings. The molecule has 5 saturated carbocycles. The van der Waals surface area contributed by atoms with E-state index in [2.05, 4.69) is 48.5 Å². The summed E-state index contributed by atoms with van der Waals surface area (Å²) in [5.41, 5.74) is 1.91. The molecule has 0 amide bonds. The van der Waals surface area contributed by atoms with Gasteiger partial charge in [0.2, 0.25) is 0 Å². The molecule has 1 saturated heterocycles. The number of carbonyl (C=O) groups is 1. The lowest BCUT2D eigenvalue weighted by atomic mass is 9.32. The van der Waals surface area contributed by atoms with Crippen molar-refractivity contribution in [2.45, 2.75) is 131 Å². The van der Waals surface area contributed by atoms with Crippen molar-refractivity contribution in [1.82, 2.24) is 0 Å². The lowest BCUT2D eigenvalue weighted by molar-refractivity contribution is -0.253. The zero-order valence-electron chi connectivity index (χ0n) is 24.0. The molecule has 3 nitrogen and oxygen atoms in total. The first-order chi connectivity index (χ1) is 16.2. The van der Waals surface area contributed by atoms with E-state index in [4.69, 9.17) is 9.47 Å². The Hall–Kier alpha value is -0.570. The summed E-state index contributed by atoms with van der Waals surface area (Å²) >= 11 is 0. The molecule has 1 aliphatic heterocycles. The van der Waals surface area contributed by atoms with Crippen LogP contribution >= 0.6 is 0 Å². The molecule has 1 spiro atoms. The third kappa shape index (κ3) is 2.92. The van der Waals surface area contributed by atoms with Crippen LogP contribution in [0, 0.1) is 56.7 Å². The molecule has 198 valence electrons. The van der Waals surface area contributed by atoms with Crippen molar-refractivity contribution in [2.24, 2.45) is 56.7 Å². The summed E-state index contributed by atoms with van der Waals surface area (Å²) in [5, 5.41) is 0. The predicted octanol–water partition coefficient (Wildman–Crippen LogP) is 7.81. The van der Waals surface area contributed by atoms with Gasteiger partial charge in [0.25, 0.3) is 0 Å². The monoisotopic (exact) mass is 484 g/mol. The maximum Gasteiger partial charge on any atom is 0.302 e. The Labute approximate surface area is 214 Å². The van der Waals surface area contributed by atoms with Gasteiger partial charge >= 0.3 is 5.97 Å². The van der Waals surface area contributed by atoms with Crippen LogP contribution in [0.15, 0.2) is 0 Å².